The summed E-state index contributed by atoms with van der Waals surface area (Å²) in [4.78, 5) is 11.7. The van der Waals surface area contributed by atoms with Crippen molar-refractivity contribution in [1.82, 2.24) is 5.43 Å². The molecule has 2 rings (SSSR count). The summed E-state index contributed by atoms with van der Waals surface area (Å²) in [6.45, 7) is 4.65. The lowest BCUT2D eigenvalue weighted by molar-refractivity contribution is -0.123. The van der Waals surface area contributed by atoms with E-state index in [1.54, 1.807) is 6.21 Å². The SMILES string of the molecule is CCCOc1ccc(/C=N/NC(=O)COc2cccc(C)c2)cc1. The molecule has 0 bridgehead atoms. The first-order chi connectivity index (χ1) is 11.7. The average Bonchev–Trinajstić information content (AvgIpc) is 2.59. The molecule has 126 valence electrons. The highest BCUT2D eigenvalue weighted by Crippen LogP contribution is 2.12. The number of ether oxygens (including phenoxy) is 2. The number of carbonyl (C=O) groups is 1. The van der Waals surface area contributed by atoms with Gasteiger partial charge in [-0.15, -0.1) is 0 Å². The Morgan fingerprint density at radius 2 is 1.92 bits per heavy atom. The van der Waals surface area contributed by atoms with Crippen molar-refractivity contribution >= 4 is 12.1 Å². The maximum atomic E-state index is 11.7. The summed E-state index contributed by atoms with van der Waals surface area (Å²) in [6, 6.07) is 15.0. The molecule has 2 aromatic rings. The Morgan fingerprint density at radius 1 is 1.12 bits per heavy atom. The smallest absolute Gasteiger partial charge is 0.277 e. The fraction of sp³-hybridized carbons (Fsp3) is 0.263. The Bertz CT molecular complexity index is 681. The summed E-state index contributed by atoms with van der Waals surface area (Å²) in [5, 5.41) is 3.92. The highest BCUT2D eigenvalue weighted by atomic mass is 16.5. The van der Waals surface area contributed by atoms with Gasteiger partial charge in [-0.25, -0.2) is 5.43 Å². The van der Waals surface area contributed by atoms with E-state index in [4.69, 9.17) is 9.47 Å². The highest BCUT2D eigenvalue weighted by molar-refractivity contribution is 5.83. The number of amides is 1. The van der Waals surface area contributed by atoms with Gasteiger partial charge in [-0.3, -0.25) is 4.79 Å². The Balaban J connectivity index is 1.75. The number of hydrazone groups is 1. The van der Waals surface area contributed by atoms with E-state index in [1.807, 2.05) is 55.5 Å². The molecule has 0 fully saturated rings. The van der Waals surface area contributed by atoms with Crippen LogP contribution in [-0.2, 0) is 4.79 Å². The van der Waals surface area contributed by atoms with Crippen LogP contribution >= 0.6 is 0 Å². The van der Waals surface area contributed by atoms with Gasteiger partial charge in [-0.1, -0.05) is 19.1 Å². The van der Waals surface area contributed by atoms with Crippen LogP contribution in [0.5, 0.6) is 11.5 Å². The predicted octanol–water partition coefficient (Wildman–Crippen LogP) is 3.31. The topological polar surface area (TPSA) is 59.9 Å². The van der Waals surface area contributed by atoms with E-state index in [-0.39, 0.29) is 12.5 Å². The third kappa shape index (κ3) is 6.12. The molecular weight excluding hydrogens is 304 g/mol. The quantitative estimate of drug-likeness (QED) is 0.598. The zero-order valence-corrected chi connectivity index (χ0v) is 14.0. The van der Waals surface area contributed by atoms with Crippen LogP contribution in [0.3, 0.4) is 0 Å². The summed E-state index contributed by atoms with van der Waals surface area (Å²) < 4.78 is 10.9. The minimum absolute atomic E-state index is 0.0788. The Labute approximate surface area is 142 Å². The number of nitrogens with zero attached hydrogens (tertiary/aromatic N) is 1. The molecule has 0 aliphatic heterocycles. The molecule has 1 amide bonds. The molecule has 0 spiro atoms. The van der Waals surface area contributed by atoms with E-state index in [0.29, 0.717) is 12.4 Å². The van der Waals surface area contributed by atoms with Crippen molar-refractivity contribution in [1.29, 1.82) is 0 Å². The largest absolute Gasteiger partial charge is 0.494 e. The molecule has 2 aromatic carbocycles. The van der Waals surface area contributed by atoms with E-state index in [1.165, 1.54) is 0 Å². The number of rotatable bonds is 8. The molecule has 5 nitrogen and oxygen atoms in total. The van der Waals surface area contributed by atoms with Gasteiger partial charge in [0.15, 0.2) is 6.61 Å². The third-order valence-corrected chi connectivity index (χ3v) is 3.12. The van der Waals surface area contributed by atoms with Crippen LogP contribution in [0.1, 0.15) is 24.5 Å². The van der Waals surface area contributed by atoms with Crippen LogP contribution < -0.4 is 14.9 Å². The van der Waals surface area contributed by atoms with Gasteiger partial charge in [0.2, 0.25) is 0 Å². The van der Waals surface area contributed by atoms with E-state index in [2.05, 4.69) is 17.5 Å². The van der Waals surface area contributed by atoms with Crippen LogP contribution in [0, 0.1) is 6.92 Å². The van der Waals surface area contributed by atoms with Gasteiger partial charge in [0.1, 0.15) is 11.5 Å². The molecule has 0 saturated heterocycles. The molecule has 5 heteroatoms. The molecule has 0 aliphatic carbocycles. The molecule has 0 radical (unpaired) electrons. The maximum absolute atomic E-state index is 11.7. The van der Waals surface area contributed by atoms with E-state index in [0.717, 1.165) is 23.3 Å². The standard InChI is InChI=1S/C19H22N2O3/c1-3-11-23-17-9-7-16(8-10-17)13-20-21-19(22)14-24-18-6-4-5-15(2)12-18/h4-10,12-13H,3,11,14H2,1-2H3,(H,21,22)/b20-13+. The number of aryl methyl sites for hydroxylation is 1. The van der Waals surface area contributed by atoms with Gasteiger partial charge in [-0.2, -0.15) is 5.10 Å². The summed E-state index contributed by atoms with van der Waals surface area (Å²) in [6.07, 6.45) is 2.55. The number of hydrogen-bond acceptors (Lipinski definition) is 4. The van der Waals surface area contributed by atoms with Gasteiger partial charge < -0.3 is 9.47 Å². The van der Waals surface area contributed by atoms with Crippen molar-refractivity contribution in [3.63, 3.8) is 0 Å². The lowest BCUT2D eigenvalue weighted by atomic mass is 10.2. The Morgan fingerprint density at radius 3 is 2.62 bits per heavy atom. The number of carbonyl (C=O) groups excluding carboxylic acids is 1. The van der Waals surface area contributed by atoms with Crippen LogP contribution in [0.15, 0.2) is 53.6 Å². The lowest BCUT2D eigenvalue weighted by Gasteiger charge is -2.05. The van der Waals surface area contributed by atoms with Crippen LogP contribution in [0.2, 0.25) is 0 Å². The summed E-state index contributed by atoms with van der Waals surface area (Å²) >= 11 is 0. The minimum atomic E-state index is -0.310. The van der Waals surface area contributed by atoms with Crippen molar-refractivity contribution < 1.29 is 14.3 Å². The minimum Gasteiger partial charge on any atom is -0.494 e. The second-order valence-electron chi connectivity index (χ2n) is 5.32. The zero-order chi connectivity index (χ0) is 17.2. The Hall–Kier alpha value is -2.82. The molecule has 1 N–H and O–H groups in total. The fourth-order valence-corrected chi connectivity index (χ4v) is 1.94. The van der Waals surface area contributed by atoms with Crippen LogP contribution in [-0.4, -0.2) is 25.3 Å². The first-order valence-electron chi connectivity index (χ1n) is 7.91. The molecule has 0 aromatic heterocycles. The molecule has 0 heterocycles. The van der Waals surface area contributed by atoms with E-state index in [9.17, 15) is 4.79 Å². The van der Waals surface area contributed by atoms with E-state index < -0.39 is 0 Å². The maximum Gasteiger partial charge on any atom is 0.277 e. The van der Waals surface area contributed by atoms with Crippen molar-refractivity contribution in [2.45, 2.75) is 20.3 Å². The summed E-state index contributed by atoms with van der Waals surface area (Å²) in [5.74, 6) is 1.18. The first-order valence-corrected chi connectivity index (χ1v) is 7.91. The molecule has 0 saturated carbocycles. The summed E-state index contributed by atoms with van der Waals surface area (Å²) in [7, 11) is 0. The van der Waals surface area contributed by atoms with Crippen molar-refractivity contribution in [3.05, 3.63) is 59.7 Å². The normalized spacial score (nSPS) is 10.6. The van der Waals surface area contributed by atoms with Gasteiger partial charge >= 0.3 is 0 Å². The van der Waals surface area contributed by atoms with Crippen molar-refractivity contribution in [2.24, 2.45) is 5.10 Å². The average molecular weight is 326 g/mol. The van der Waals surface area contributed by atoms with Crippen LogP contribution in [0.25, 0.3) is 0 Å². The predicted molar refractivity (Wildman–Crippen MR) is 94.6 cm³/mol. The van der Waals surface area contributed by atoms with Crippen LogP contribution in [0.4, 0.5) is 0 Å². The zero-order valence-electron chi connectivity index (χ0n) is 14.0. The van der Waals surface area contributed by atoms with Gasteiger partial charge in [0.25, 0.3) is 5.91 Å². The third-order valence-electron chi connectivity index (χ3n) is 3.12. The molecule has 0 atom stereocenters. The number of benzene rings is 2. The monoisotopic (exact) mass is 326 g/mol. The number of hydrogen-bond donors (Lipinski definition) is 1. The molecular formula is C19H22N2O3. The van der Waals surface area contributed by atoms with Gasteiger partial charge in [-0.05, 0) is 60.9 Å². The van der Waals surface area contributed by atoms with E-state index >= 15 is 0 Å². The first kappa shape index (κ1) is 17.5. The summed E-state index contributed by atoms with van der Waals surface area (Å²) in [5.41, 5.74) is 4.39. The second kappa shape index (κ2) is 9.35. The molecule has 24 heavy (non-hydrogen) atoms. The molecule has 0 unspecified atom stereocenters. The Kier molecular flexibility index (Phi) is 6.83. The van der Waals surface area contributed by atoms with Crippen molar-refractivity contribution in [3.8, 4) is 11.5 Å². The molecule has 0 aliphatic rings. The van der Waals surface area contributed by atoms with Crippen molar-refractivity contribution in [2.75, 3.05) is 13.2 Å². The second-order valence-corrected chi connectivity index (χ2v) is 5.32. The number of nitrogens with one attached hydrogen (secondary N) is 1. The fourth-order valence-electron chi connectivity index (χ4n) is 1.94. The lowest BCUT2D eigenvalue weighted by Crippen LogP contribution is -2.24. The van der Waals surface area contributed by atoms with Gasteiger partial charge in [0.05, 0.1) is 12.8 Å². The highest BCUT2D eigenvalue weighted by Gasteiger charge is 2.01. The van der Waals surface area contributed by atoms with Gasteiger partial charge in [0, 0.05) is 0 Å².